The molecule has 0 saturated carbocycles. The first-order valence-electron chi connectivity index (χ1n) is 6.88. The van der Waals surface area contributed by atoms with E-state index in [-0.39, 0.29) is 0 Å². The SMILES string of the molecule is COCCOCCNCCCN(C)c1ccccc1. The molecule has 1 rings (SSSR count). The second-order valence-corrected chi connectivity index (χ2v) is 4.47. The Kier molecular flexibility index (Phi) is 9.06. The van der Waals surface area contributed by atoms with Crippen LogP contribution in [0.3, 0.4) is 0 Å². The molecule has 0 saturated heterocycles. The molecule has 0 unspecified atom stereocenters. The number of rotatable bonds is 11. The Bertz CT molecular complexity index is 306. The van der Waals surface area contributed by atoms with Gasteiger partial charge in [-0.05, 0) is 25.1 Å². The van der Waals surface area contributed by atoms with E-state index in [4.69, 9.17) is 9.47 Å². The lowest BCUT2D eigenvalue weighted by atomic mass is 10.3. The third-order valence-electron chi connectivity index (χ3n) is 2.90. The molecular weight excluding hydrogens is 240 g/mol. The lowest BCUT2D eigenvalue weighted by molar-refractivity contribution is 0.0720. The average Bonchev–Trinajstić information content (AvgIpc) is 2.46. The fourth-order valence-electron chi connectivity index (χ4n) is 1.77. The normalized spacial score (nSPS) is 10.6. The van der Waals surface area contributed by atoms with Crippen molar-refractivity contribution in [3.8, 4) is 0 Å². The summed E-state index contributed by atoms with van der Waals surface area (Å²) in [6.07, 6.45) is 1.13. The van der Waals surface area contributed by atoms with Gasteiger partial charge in [-0.15, -0.1) is 0 Å². The van der Waals surface area contributed by atoms with Crippen molar-refractivity contribution in [2.45, 2.75) is 6.42 Å². The summed E-state index contributed by atoms with van der Waals surface area (Å²) in [5.74, 6) is 0. The van der Waals surface area contributed by atoms with Gasteiger partial charge in [-0.1, -0.05) is 18.2 Å². The third-order valence-corrected chi connectivity index (χ3v) is 2.90. The number of benzene rings is 1. The highest BCUT2D eigenvalue weighted by Gasteiger charge is 1.98. The minimum Gasteiger partial charge on any atom is -0.382 e. The quantitative estimate of drug-likeness (QED) is 0.619. The fraction of sp³-hybridized carbons (Fsp3) is 0.600. The van der Waals surface area contributed by atoms with Crippen LogP contribution in [0.2, 0.25) is 0 Å². The molecule has 1 N–H and O–H groups in total. The minimum atomic E-state index is 0.669. The van der Waals surface area contributed by atoms with Gasteiger partial charge < -0.3 is 19.7 Å². The van der Waals surface area contributed by atoms with Crippen LogP contribution in [-0.2, 0) is 9.47 Å². The molecular formula is C15H26N2O2. The Balaban J connectivity index is 1.93. The van der Waals surface area contributed by atoms with Gasteiger partial charge in [0, 0.05) is 32.9 Å². The maximum Gasteiger partial charge on any atom is 0.0700 e. The minimum absolute atomic E-state index is 0.669. The predicted molar refractivity (Wildman–Crippen MR) is 79.9 cm³/mol. The lowest BCUT2D eigenvalue weighted by Gasteiger charge is -2.19. The van der Waals surface area contributed by atoms with Crippen molar-refractivity contribution in [3.63, 3.8) is 0 Å². The van der Waals surface area contributed by atoms with Gasteiger partial charge in [0.25, 0.3) is 0 Å². The summed E-state index contributed by atoms with van der Waals surface area (Å²) in [5, 5.41) is 3.38. The molecule has 1 aromatic carbocycles. The summed E-state index contributed by atoms with van der Waals surface area (Å²) in [7, 11) is 3.81. The van der Waals surface area contributed by atoms with Gasteiger partial charge in [0.15, 0.2) is 0 Å². The molecule has 0 aliphatic rings. The average molecular weight is 266 g/mol. The zero-order valence-electron chi connectivity index (χ0n) is 12.1. The molecule has 108 valence electrons. The number of nitrogens with zero attached hydrogens (tertiary/aromatic N) is 1. The Morgan fingerprint density at radius 1 is 1.05 bits per heavy atom. The van der Waals surface area contributed by atoms with E-state index in [9.17, 15) is 0 Å². The van der Waals surface area contributed by atoms with Gasteiger partial charge in [0.2, 0.25) is 0 Å². The first-order valence-corrected chi connectivity index (χ1v) is 6.88. The van der Waals surface area contributed by atoms with E-state index in [2.05, 4.69) is 41.5 Å². The second-order valence-electron chi connectivity index (χ2n) is 4.47. The van der Waals surface area contributed by atoms with Crippen LogP contribution >= 0.6 is 0 Å². The smallest absolute Gasteiger partial charge is 0.0700 e. The topological polar surface area (TPSA) is 33.7 Å². The van der Waals surface area contributed by atoms with E-state index >= 15 is 0 Å². The molecule has 0 heterocycles. The molecule has 4 nitrogen and oxygen atoms in total. The lowest BCUT2D eigenvalue weighted by Crippen LogP contribution is -2.26. The highest BCUT2D eigenvalue weighted by atomic mass is 16.5. The molecule has 1 aromatic rings. The van der Waals surface area contributed by atoms with Crippen molar-refractivity contribution in [1.82, 2.24) is 5.32 Å². The zero-order chi connectivity index (χ0) is 13.8. The van der Waals surface area contributed by atoms with Crippen LogP contribution in [0.5, 0.6) is 0 Å². The Labute approximate surface area is 116 Å². The molecule has 0 spiro atoms. The van der Waals surface area contributed by atoms with Gasteiger partial charge in [0.1, 0.15) is 0 Å². The van der Waals surface area contributed by atoms with Crippen molar-refractivity contribution in [2.75, 3.05) is 58.5 Å². The number of ether oxygens (including phenoxy) is 2. The van der Waals surface area contributed by atoms with Crippen molar-refractivity contribution < 1.29 is 9.47 Å². The molecule has 0 amide bonds. The van der Waals surface area contributed by atoms with Crippen molar-refractivity contribution >= 4 is 5.69 Å². The summed E-state index contributed by atoms with van der Waals surface area (Å²) < 4.78 is 10.3. The van der Waals surface area contributed by atoms with Gasteiger partial charge >= 0.3 is 0 Å². The maximum absolute atomic E-state index is 5.37. The predicted octanol–water partition coefficient (Wildman–Crippen LogP) is 1.77. The van der Waals surface area contributed by atoms with Crippen LogP contribution in [0.15, 0.2) is 30.3 Å². The van der Waals surface area contributed by atoms with Crippen molar-refractivity contribution in [3.05, 3.63) is 30.3 Å². The molecule has 0 radical (unpaired) electrons. The number of hydrogen-bond acceptors (Lipinski definition) is 4. The van der Waals surface area contributed by atoms with E-state index in [1.165, 1.54) is 5.69 Å². The van der Waals surface area contributed by atoms with E-state index in [0.29, 0.717) is 13.2 Å². The highest BCUT2D eigenvalue weighted by molar-refractivity contribution is 5.44. The van der Waals surface area contributed by atoms with Crippen LogP contribution in [0.4, 0.5) is 5.69 Å². The number of nitrogens with one attached hydrogen (secondary N) is 1. The van der Waals surface area contributed by atoms with Crippen molar-refractivity contribution in [1.29, 1.82) is 0 Å². The summed E-state index contributed by atoms with van der Waals surface area (Å²) in [4.78, 5) is 2.27. The summed E-state index contributed by atoms with van der Waals surface area (Å²) >= 11 is 0. The Morgan fingerprint density at radius 3 is 2.58 bits per heavy atom. The summed E-state index contributed by atoms with van der Waals surface area (Å²) in [6, 6.07) is 10.5. The molecule has 0 aromatic heterocycles. The molecule has 0 atom stereocenters. The molecule has 19 heavy (non-hydrogen) atoms. The van der Waals surface area contributed by atoms with Gasteiger partial charge in [-0.25, -0.2) is 0 Å². The van der Waals surface area contributed by atoms with Gasteiger partial charge in [-0.2, -0.15) is 0 Å². The standard InChI is InChI=1S/C15H26N2O2/c1-17(15-7-4-3-5-8-15)11-6-9-16-10-12-19-14-13-18-2/h3-5,7-8,16H,6,9-14H2,1-2H3. The van der Waals surface area contributed by atoms with Gasteiger partial charge in [0.05, 0.1) is 19.8 Å². The van der Waals surface area contributed by atoms with E-state index < -0.39 is 0 Å². The Morgan fingerprint density at radius 2 is 1.84 bits per heavy atom. The zero-order valence-corrected chi connectivity index (χ0v) is 12.1. The molecule has 0 aliphatic carbocycles. The number of anilines is 1. The number of methoxy groups -OCH3 is 1. The molecule has 4 heteroatoms. The number of para-hydroxylation sites is 1. The van der Waals surface area contributed by atoms with Crippen molar-refractivity contribution in [2.24, 2.45) is 0 Å². The maximum atomic E-state index is 5.37. The molecule has 0 fully saturated rings. The molecule has 0 aliphatic heterocycles. The summed E-state index contributed by atoms with van der Waals surface area (Å²) in [5.41, 5.74) is 1.27. The largest absolute Gasteiger partial charge is 0.382 e. The first-order chi connectivity index (χ1) is 9.34. The van der Waals surface area contributed by atoms with Crippen LogP contribution in [0, 0.1) is 0 Å². The molecule has 0 bridgehead atoms. The van der Waals surface area contributed by atoms with E-state index in [1.54, 1.807) is 7.11 Å². The monoisotopic (exact) mass is 266 g/mol. The first kappa shape index (κ1) is 16.0. The number of hydrogen-bond donors (Lipinski definition) is 1. The third kappa shape index (κ3) is 7.82. The fourth-order valence-corrected chi connectivity index (χ4v) is 1.77. The summed E-state index contributed by atoms with van der Waals surface area (Å²) in [6.45, 7) is 5.07. The van der Waals surface area contributed by atoms with Crippen LogP contribution in [0.25, 0.3) is 0 Å². The van der Waals surface area contributed by atoms with Crippen LogP contribution in [0.1, 0.15) is 6.42 Å². The second kappa shape index (κ2) is 10.8. The van der Waals surface area contributed by atoms with E-state index in [1.807, 2.05) is 6.07 Å². The highest BCUT2D eigenvalue weighted by Crippen LogP contribution is 2.10. The van der Waals surface area contributed by atoms with Crippen LogP contribution < -0.4 is 10.2 Å². The van der Waals surface area contributed by atoms with Gasteiger partial charge in [-0.3, -0.25) is 0 Å². The van der Waals surface area contributed by atoms with E-state index in [0.717, 1.165) is 32.7 Å². The van der Waals surface area contributed by atoms with Crippen LogP contribution in [-0.4, -0.2) is 53.6 Å². The Hall–Kier alpha value is -1.10.